The molecule has 0 unspecified atom stereocenters. The van der Waals surface area contributed by atoms with Gasteiger partial charge in [0.1, 0.15) is 5.41 Å². The first kappa shape index (κ1) is 7.95. The Labute approximate surface area is 68.9 Å². The van der Waals surface area contributed by atoms with Crippen molar-refractivity contribution < 1.29 is 18.3 Å². The number of carbonyl (C=O) groups excluding carboxylic acids is 1. The number of hydrogen-bond donors (Lipinski definition) is 0. The van der Waals surface area contributed by atoms with E-state index in [2.05, 4.69) is 4.74 Å². The first-order valence-corrected chi connectivity index (χ1v) is 4.01. The number of rotatable bonds is 1. The maximum atomic E-state index is 13.2. The molecule has 2 atom stereocenters. The van der Waals surface area contributed by atoms with Gasteiger partial charge in [0, 0.05) is 6.42 Å². The first-order valence-electron chi connectivity index (χ1n) is 4.01. The van der Waals surface area contributed by atoms with Crippen LogP contribution in [0.5, 0.6) is 0 Å². The summed E-state index contributed by atoms with van der Waals surface area (Å²) in [6.45, 7) is 0. The maximum Gasteiger partial charge on any atom is 0.318 e. The quantitative estimate of drug-likeness (QED) is 0.567. The molecule has 2 nitrogen and oxygen atoms in total. The third kappa shape index (κ3) is 0.660. The highest BCUT2D eigenvalue weighted by Gasteiger charge is 2.78. The zero-order valence-electron chi connectivity index (χ0n) is 6.77. The fraction of sp³-hybridized carbons (Fsp3) is 0.875. The second kappa shape index (κ2) is 1.98. The van der Waals surface area contributed by atoms with Gasteiger partial charge >= 0.3 is 5.97 Å². The Balaban J connectivity index is 2.28. The molecule has 0 heterocycles. The van der Waals surface area contributed by atoms with E-state index in [1.807, 2.05) is 0 Å². The number of esters is 1. The molecule has 0 N–H and O–H groups in total. The van der Waals surface area contributed by atoms with E-state index in [-0.39, 0.29) is 12.3 Å². The van der Waals surface area contributed by atoms with E-state index in [0.717, 1.165) is 0 Å². The molecular weight excluding hydrogens is 166 g/mol. The minimum atomic E-state index is -2.83. The Kier molecular flexibility index (Phi) is 1.31. The summed E-state index contributed by atoms with van der Waals surface area (Å²) in [4.78, 5) is 11.1. The van der Waals surface area contributed by atoms with Crippen LogP contribution in [0.25, 0.3) is 0 Å². The Bertz CT molecular complexity index is 239. The second-order valence-electron chi connectivity index (χ2n) is 3.61. The Hall–Kier alpha value is -0.670. The lowest BCUT2D eigenvalue weighted by atomic mass is 10.00. The molecule has 0 radical (unpaired) electrons. The Morgan fingerprint density at radius 2 is 2.25 bits per heavy atom. The van der Waals surface area contributed by atoms with Crippen molar-refractivity contribution in [3.8, 4) is 0 Å². The van der Waals surface area contributed by atoms with Crippen molar-refractivity contribution >= 4 is 5.97 Å². The molecule has 12 heavy (non-hydrogen) atoms. The van der Waals surface area contributed by atoms with E-state index >= 15 is 0 Å². The molecule has 2 aliphatic rings. The lowest BCUT2D eigenvalue weighted by Gasteiger charge is -2.19. The largest absolute Gasteiger partial charge is 0.468 e. The van der Waals surface area contributed by atoms with Crippen LogP contribution in [-0.2, 0) is 9.53 Å². The number of hydrogen-bond acceptors (Lipinski definition) is 2. The number of halogens is 2. The van der Waals surface area contributed by atoms with Crippen LogP contribution in [0.2, 0.25) is 0 Å². The lowest BCUT2D eigenvalue weighted by Crippen LogP contribution is -2.35. The summed E-state index contributed by atoms with van der Waals surface area (Å²) in [5.74, 6) is -3.68. The fourth-order valence-corrected chi connectivity index (χ4v) is 2.29. The molecule has 0 bridgehead atoms. The van der Waals surface area contributed by atoms with Gasteiger partial charge in [-0.25, -0.2) is 8.78 Å². The fourth-order valence-electron chi connectivity index (χ4n) is 2.29. The highest BCUT2D eigenvalue weighted by atomic mass is 19.3. The molecule has 0 aromatic rings. The van der Waals surface area contributed by atoms with E-state index in [1.165, 1.54) is 7.11 Å². The van der Waals surface area contributed by atoms with E-state index < -0.39 is 17.3 Å². The van der Waals surface area contributed by atoms with E-state index in [1.54, 1.807) is 0 Å². The van der Waals surface area contributed by atoms with Crippen LogP contribution in [0.1, 0.15) is 19.3 Å². The van der Waals surface area contributed by atoms with Crippen LogP contribution in [0, 0.1) is 11.3 Å². The molecule has 0 amide bonds. The van der Waals surface area contributed by atoms with Crippen molar-refractivity contribution in [2.75, 3.05) is 7.11 Å². The normalized spacial score (nSPS) is 42.1. The average Bonchev–Trinajstić information content (AvgIpc) is 2.70. The van der Waals surface area contributed by atoms with Gasteiger partial charge in [0.15, 0.2) is 0 Å². The highest BCUT2D eigenvalue weighted by molar-refractivity contribution is 5.82. The molecule has 0 aromatic heterocycles. The molecule has 2 aliphatic carbocycles. The smallest absolute Gasteiger partial charge is 0.318 e. The zero-order chi connectivity index (χ0) is 8.98. The summed E-state index contributed by atoms with van der Waals surface area (Å²) in [6.07, 6.45) is 0.613. The average molecular weight is 176 g/mol. The Morgan fingerprint density at radius 3 is 2.58 bits per heavy atom. The van der Waals surface area contributed by atoms with Crippen LogP contribution < -0.4 is 0 Å². The van der Waals surface area contributed by atoms with Crippen molar-refractivity contribution in [1.29, 1.82) is 0 Å². The van der Waals surface area contributed by atoms with Crippen molar-refractivity contribution in [3.05, 3.63) is 0 Å². The van der Waals surface area contributed by atoms with Crippen LogP contribution >= 0.6 is 0 Å². The van der Waals surface area contributed by atoms with Gasteiger partial charge in [-0.1, -0.05) is 0 Å². The van der Waals surface area contributed by atoms with Crippen LogP contribution in [0.15, 0.2) is 0 Å². The van der Waals surface area contributed by atoms with Gasteiger partial charge in [0.2, 0.25) is 0 Å². The first-order chi connectivity index (χ1) is 5.54. The summed E-state index contributed by atoms with van der Waals surface area (Å²) in [7, 11) is 1.17. The standard InChI is InChI=1S/C8H10F2O2/c1-12-6(11)7-4-5(7)2-3-8(7,9)10/h5H,2-4H2,1H3/t5-,7+/m1/s1. The number of ether oxygens (including phenoxy) is 1. The number of methoxy groups -OCH3 is 1. The van der Waals surface area contributed by atoms with Gasteiger partial charge < -0.3 is 4.74 Å². The minimum Gasteiger partial charge on any atom is -0.468 e. The summed E-state index contributed by atoms with van der Waals surface area (Å²) in [5, 5.41) is 0. The van der Waals surface area contributed by atoms with Crippen LogP contribution in [0.3, 0.4) is 0 Å². The molecule has 0 aliphatic heterocycles. The van der Waals surface area contributed by atoms with Crippen molar-refractivity contribution in [3.63, 3.8) is 0 Å². The molecule has 68 valence electrons. The van der Waals surface area contributed by atoms with Crippen molar-refractivity contribution in [2.45, 2.75) is 25.2 Å². The number of alkyl halides is 2. The van der Waals surface area contributed by atoms with Crippen LogP contribution in [-0.4, -0.2) is 19.0 Å². The van der Waals surface area contributed by atoms with Gasteiger partial charge in [-0.2, -0.15) is 0 Å². The summed E-state index contributed by atoms with van der Waals surface area (Å²) in [6, 6.07) is 0. The van der Waals surface area contributed by atoms with Gasteiger partial charge in [-0.05, 0) is 18.8 Å². The summed E-state index contributed by atoms with van der Waals surface area (Å²) < 4.78 is 30.7. The van der Waals surface area contributed by atoms with E-state index in [9.17, 15) is 13.6 Å². The highest BCUT2D eigenvalue weighted by Crippen LogP contribution is 2.70. The van der Waals surface area contributed by atoms with E-state index in [4.69, 9.17) is 0 Å². The molecular formula is C8H10F2O2. The predicted octanol–water partition coefficient (Wildman–Crippen LogP) is 1.59. The SMILES string of the molecule is COC(=O)[C@]12C[C@H]1CCC2(F)F. The van der Waals surface area contributed by atoms with Crippen molar-refractivity contribution in [2.24, 2.45) is 11.3 Å². The lowest BCUT2D eigenvalue weighted by molar-refractivity contribution is -0.163. The minimum absolute atomic E-state index is 0.125. The molecule has 2 rings (SSSR count). The summed E-state index contributed by atoms with van der Waals surface area (Å²) >= 11 is 0. The van der Waals surface area contributed by atoms with Gasteiger partial charge in [-0.3, -0.25) is 4.79 Å². The third-order valence-electron chi connectivity index (χ3n) is 3.11. The second-order valence-corrected chi connectivity index (χ2v) is 3.61. The molecule has 0 aromatic carbocycles. The summed E-state index contributed by atoms with van der Waals surface area (Å²) in [5.41, 5.74) is -1.43. The monoisotopic (exact) mass is 176 g/mol. The molecule has 0 spiro atoms. The number of fused-ring (bicyclic) bond motifs is 1. The maximum absolute atomic E-state index is 13.2. The third-order valence-corrected chi connectivity index (χ3v) is 3.11. The molecule has 0 saturated heterocycles. The zero-order valence-corrected chi connectivity index (χ0v) is 6.77. The van der Waals surface area contributed by atoms with Crippen LogP contribution in [0.4, 0.5) is 8.78 Å². The van der Waals surface area contributed by atoms with Gasteiger partial charge in [0.05, 0.1) is 7.11 Å². The Morgan fingerprint density at radius 1 is 1.58 bits per heavy atom. The van der Waals surface area contributed by atoms with Gasteiger partial charge in [0.25, 0.3) is 5.92 Å². The topological polar surface area (TPSA) is 26.3 Å². The van der Waals surface area contributed by atoms with Gasteiger partial charge in [-0.15, -0.1) is 0 Å². The molecule has 2 fully saturated rings. The number of carbonyl (C=O) groups is 1. The molecule has 2 saturated carbocycles. The van der Waals surface area contributed by atoms with E-state index in [0.29, 0.717) is 12.8 Å². The predicted molar refractivity (Wildman–Crippen MR) is 36.7 cm³/mol. The van der Waals surface area contributed by atoms with Crippen molar-refractivity contribution in [1.82, 2.24) is 0 Å². The molecule has 4 heteroatoms.